The van der Waals surface area contributed by atoms with Gasteiger partial charge in [0.1, 0.15) is 5.82 Å². The first-order chi connectivity index (χ1) is 9.20. The fourth-order valence-electron chi connectivity index (χ4n) is 2.77. The molecule has 1 unspecified atom stereocenters. The Balaban J connectivity index is 1.83. The second-order valence-corrected chi connectivity index (χ2v) is 5.71. The normalized spacial score (nSPS) is 17.5. The zero-order chi connectivity index (χ0) is 13.7. The molecule has 106 valence electrons. The molecule has 1 atom stereocenters. The van der Waals surface area contributed by atoms with E-state index in [9.17, 15) is 4.39 Å². The third-order valence-corrected chi connectivity index (χ3v) is 4.22. The summed E-state index contributed by atoms with van der Waals surface area (Å²) in [5, 5.41) is 3.23. The molecule has 1 saturated carbocycles. The lowest BCUT2D eigenvalue weighted by Gasteiger charge is -2.31. The Labute approximate surface area is 116 Å². The van der Waals surface area contributed by atoms with E-state index in [0.717, 1.165) is 24.4 Å². The average molecular weight is 264 g/mol. The highest BCUT2D eigenvalue weighted by atomic mass is 19.1. The van der Waals surface area contributed by atoms with Gasteiger partial charge in [0.15, 0.2) is 0 Å². The van der Waals surface area contributed by atoms with Gasteiger partial charge < -0.3 is 10.2 Å². The lowest BCUT2D eigenvalue weighted by Crippen LogP contribution is -2.32. The summed E-state index contributed by atoms with van der Waals surface area (Å²) in [6.45, 7) is 2.20. The van der Waals surface area contributed by atoms with Gasteiger partial charge in [-0.2, -0.15) is 0 Å². The molecule has 0 heterocycles. The van der Waals surface area contributed by atoms with Gasteiger partial charge in [-0.1, -0.05) is 24.6 Å². The molecule has 0 radical (unpaired) electrons. The molecule has 0 aliphatic heterocycles. The first-order valence-electron chi connectivity index (χ1n) is 7.31. The van der Waals surface area contributed by atoms with Crippen molar-refractivity contribution in [3.63, 3.8) is 0 Å². The minimum Gasteiger partial charge on any atom is -0.313 e. The summed E-state index contributed by atoms with van der Waals surface area (Å²) >= 11 is 0. The molecule has 19 heavy (non-hydrogen) atoms. The maximum atomic E-state index is 13.8. The quantitative estimate of drug-likeness (QED) is 0.813. The second kappa shape index (κ2) is 7.01. The van der Waals surface area contributed by atoms with Crippen molar-refractivity contribution in [1.29, 1.82) is 0 Å². The van der Waals surface area contributed by atoms with Crippen molar-refractivity contribution >= 4 is 0 Å². The third-order valence-electron chi connectivity index (χ3n) is 4.22. The Morgan fingerprint density at radius 1 is 1.37 bits per heavy atom. The highest BCUT2D eigenvalue weighted by molar-refractivity contribution is 5.21. The largest absolute Gasteiger partial charge is 0.313 e. The molecule has 1 aliphatic carbocycles. The zero-order valence-electron chi connectivity index (χ0n) is 12.0. The highest BCUT2D eigenvalue weighted by Gasteiger charge is 2.20. The topological polar surface area (TPSA) is 15.3 Å². The Kier molecular flexibility index (Phi) is 5.34. The summed E-state index contributed by atoms with van der Waals surface area (Å²) in [6, 6.07) is 7.17. The monoisotopic (exact) mass is 264 g/mol. The van der Waals surface area contributed by atoms with Crippen LogP contribution < -0.4 is 5.32 Å². The van der Waals surface area contributed by atoms with Crippen molar-refractivity contribution in [2.45, 2.75) is 31.7 Å². The summed E-state index contributed by atoms with van der Waals surface area (Å²) < 4.78 is 13.8. The van der Waals surface area contributed by atoms with Gasteiger partial charge in [-0.3, -0.25) is 0 Å². The fourth-order valence-corrected chi connectivity index (χ4v) is 2.77. The van der Waals surface area contributed by atoms with Crippen LogP contribution in [0.25, 0.3) is 0 Å². The first kappa shape index (κ1) is 14.5. The fraction of sp³-hybridized carbons (Fsp3) is 0.625. The summed E-state index contributed by atoms with van der Waals surface area (Å²) in [4.78, 5) is 2.38. The van der Waals surface area contributed by atoms with E-state index in [2.05, 4.69) is 17.3 Å². The Morgan fingerprint density at radius 2 is 2.11 bits per heavy atom. The van der Waals surface area contributed by atoms with E-state index in [-0.39, 0.29) is 11.9 Å². The molecule has 3 heteroatoms. The number of nitrogens with zero attached hydrogens (tertiary/aromatic N) is 1. The molecule has 0 spiro atoms. The molecule has 0 saturated heterocycles. The van der Waals surface area contributed by atoms with Crippen LogP contribution in [0.5, 0.6) is 0 Å². The number of benzene rings is 1. The summed E-state index contributed by atoms with van der Waals surface area (Å²) in [5.74, 6) is 0.787. The molecule has 1 aromatic carbocycles. The molecular formula is C16H25FN2. The number of halogens is 1. The van der Waals surface area contributed by atoms with Gasteiger partial charge in [-0.15, -0.1) is 0 Å². The molecular weight excluding hydrogens is 239 g/mol. The molecule has 1 aromatic rings. The van der Waals surface area contributed by atoms with Crippen molar-refractivity contribution in [2.24, 2.45) is 5.92 Å². The standard InChI is InChI=1S/C16H25FN2/c1-18-16(14-8-3-4-9-15(14)17)10-11-19(2)12-13-6-5-7-13/h3-4,8-9,13,16,18H,5-7,10-12H2,1-2H3. The molecule has 0 amide bonds. The minimum absolute atomic E-state index is 0.102. The summed E-state index contributed by atoms with van der Waals surface area (Å²) in [5.41, 5.74) is 0.780. The predicted molar refractivity (Wildman–Crippen MR) is 77.7 cm³/mol. The molecule has 2 nitrogen and oxygen atoms in total. The Morgan fingerprint density at radius 3 is 2.68 bits per heavy atom. The third kappa shape index (κ3) is 4.02. The van der Waals surface area contributed by atoms with Crippen molar-refractivity contribution in [1.82, 2.24) is 10.2 Å². The van der Waals surface area contributed by atoms with Crippen LogP contribution in [0.1, 0.15) is 37.3 Å². The van der Waals surface area contributed by atoms with Crippen molar-refractivity contribution < 1.29 is 4.39 Å². The predicted octanol–water partition coefficient (Wildman–Crippen LogP) is 3.21. The lowest BCUT2D eigenvalue weighted by atomic mass is 9.85. The highest BCUT2D eigenvalue weighted by Crippen LogP contribution is 2.27. The van der Waals surface area contributed by atoms with Crippen LogP contribution in [0.4, 0.5) is 4.39 Å². The van der Waals surface area contributed by atoms with E-state index in [0.29, 0.717) is 0 Å². The van der Waals surface area contributed by atoms with Crippen molar-refractivity contribution in [3.05, 3.63) is 35.6 Å². The van der Waals surface area contributed by atoms with Crippen LogP contribution in [0.3, 0.4) is 0 Å². The Hall–Kier alpha value is -0.930. The zero-order valence-corrected chi connectivity index (χ0v) is 12.0. The number of hydrogen-bond acceptors (Lipinski definition) is 2. The summed E-state index contributed by atoms with van der Waals surface area (Å²) in [6.07, 6.45) is 5.10. The second-order valence-electron chi connectivity index (χ2n) is 5.71. The van der Waals surface area contributed by atoms with Crippen molar-refractivity contribution in [2.75, 3.05) is 27.2 Å². The van der Waals surface area contributed by atoms with Gasteiger partial charge in [0.25, 0.3) is 0 Å². The van der Waals surface area contributed by atoms with E-state index >= 15 is 0 Å². The minimum atomic E-state index is -0.108. The van der Waals surface area contributed by atoms with Crippen molar-refractivity contribution in [3.8, 4) is 0 Å². The van der Waals surface area contributed by atoms with Crippen LogP contribution >= 0.6 is 0 Å². The number of rotatable bonds is 7. The maximum absolute atomic E-state index is 13.8. The van der Waals surface area contributed by atoms with Gasteiger partial charge in [0.2, 0.25) is 0 Å². The van der Waals surface area contributed by atoms with E-state index < -0.39 is 0 Å². The number of nitrogens with one attached hydrogen (secondary N) is 1. The SMILES string of the molecule is CNC(CCN(C)CC1CCC1)c1ccccc1F. The molecule has 1 N–H and O–H groups in total. The van der Waals surface area contributed by atoms with E-state index in [1.165, 1.54) is 31.9 Å². The van der Waals surface area contributed by atoms with Gasteiger partial charge in [0, 0.05) is 18.2 Å². The van der Waals surface area contributed by atoms with Gasteiger partial charge in [0.05, 0.1) is 0 Å². The van der Waals surface area contributed by atoms with E-state index in [1.54, 1.807) is 6.07 Å². The molecule has 0 bridgehead atoms. The molecule has 0 aromatic heterocycles. The van der Waals surface area contributed by atoms with Crippen LogP contribution in [-0.4, -0.2) is 32.1 Å². The first-order valence-corrected chi connectivity index (χ1v) is 7.31. The van der Waals surface area contributed by atoms with Crippen LogP contribution in [0.15, 0.2) is 24.3 Å². The van der Waals surface area contributed by atoms with Gasteiger partial charge in [-0.25, -0.2) is 4.39 Å². The van der Waals surface area contributed by atoms with Gasteiger partial charge in [-0.05, 0) is 51.9 Å². The smallest absolute Gasteiger partial charge is 0.127 e. The van der Waals surface area contributed by atoms with E-state index in [4.69, 9.17) is 0 Å². The molecule has 1 fully saturated rings. The number of hydrogen-bond donors (Lipinski definition) is 1. The summed E-state index contributed by atoms with van der Waals surface area (Å²) in [7, 11) is 4.08. The average Bonchev–Trinajstić information content (AvgIpc) is 2.36. The van der Waals surface area contributed by atoms with Gasteiger partial charge >= 0.3 is 0 Å². The molecule has 1 aliphatic rings. The van der Waals surface area contributed by atoms with E-state index in [1.807, 2.05) is 19.2 Å². The maximum Gasteiger partial charge on any atom is 0.127 e. The molecule has 2 rings (SSSR count). The van der Waals surface area contributed by atoms with Crippen LogP contribution in [0, 0.1) is 11.7 Å². The lowest BCUT2D eigenvalue weighted by molar-refractivity contribution is 0.199. The Bertz CT molecular complexity index is 390. The van der Waals surface area contributed by atoms with Crippen LogP contribution in [-0.2, 0) is 0 Å². The van der Waals surface area contributed by atoms with Crippen LogP contribution in [0.2, 0.25) is 0 Å².